The van der Waals surface area contributed by atoms with Crippen molar-refractivity contribution in [1.29, 1.82) is 0 Å². The van der Waals surface area contributed by atoms with Crippen LogP contribution in [0.15, 0.2) is 71.9 Å². The molecule has 0 aliphatic carbocycles. The summed E-state index contributed by atoms with van der Waals surface area (Å²) in [5, 5.41) is 7.80. The van der Waals surface area contributed by atoms with Crippen molar-refractivity contribution >= 4 is 11.9 Å². The van der Waals surface area contributed by atoms with Crippen molar-refractivity contribution < 1.29 is 4.79 Å². The molecule has 1 aliphatic heterocycles. The molecule has 1 atom stereocenters. The summed E-state index contributed by atoms with van der Waals surface area (Å²) in [4.78, 5) is 16.7. The van der Waals surface area contributed by atoms with Gasteiger partial charge in [0.2, 0.25) is 11.9 Å². The minimum Gasteiger partial charge on any atom is -0.366 e. The summed E-state index contributed by atoms with van der Waals surface area (Å²) in [7, 11) is 0. The van der Waals surface area contributed by atoms with Crippen LogP contribution in [0, 0.1) is 0 Å². The summed E-state index contributed by atoms with van der Waals surface area (Å²) < 4.78 is 1.73. The summed E-state index contributed by atoms with van der Waals surface area (Å²) in [6.07, 6.45) is 0. The van der Waals surface area contributed by atoms with E-state index in [-0.39, 0.29) is 0 Å². The predicted octanol–water partition coefficient (Wildman–Crippen LogP) is 2.72. The Morgan fingerprint density at radius 1 is 1.08 bits per heavy atom. The van der Waals surface area contributed by atoms with Gasteiger partial charge in [-0.1, -0.05) is 60.7 Å². The van der Waals surface area contributed by atoms with E-state index in [0.29, 0.717) is 23.0 Å². The second kappa shape index (κ2) is 5.90. The molecular weight excluding hydrogens is 314 g/mol. The van der Waals surface area contributed by atoms with Gasteiger partial charge in [-0.05, 0) is 12.5 Å². The molecule has 6 nitrogen and oxygen atoms in total. The molecule has 3 N–H and O–H groups in total. The van der Waals surface area contributed by atoms with Crippen LogP contribution in [0.5, 0.6) is 0 Å². The summed E-state index contributed by atoms with van der Waals surface area (Å²) in [6.45, 7) is 1.83. The summed E-state index contributed by atoms with van der Waals surface area (Å²) in [6, 6.07) is 19.0. The van der Waals surface area contributed by atoms with Gasteiger partial charge in [0.25, 0.3) is 0 Å². The minimum absolute atomic E-state index is 0.403. The lowest BCUT2D eigenvalue weighted by Crippen LogP contribution is -2.31. The number of anilines is 1. The molecule has 2 heterocycles. The molecular formula is C19H17N5O. The van der Waals surface area contributed by atoms with E-state index in [4.69, 9.17) is 5.73 Å². The highest BCUT2D eigenvalue weighted by atomic mass is 16.1. The lowest BCUT2D eigenvalue weighted by atomic mass is 9.95. The first-order valence-corrected chi connectivity index (χ1v) is 7.99. The first-order valence-electron chi connectivity index (χ1n) is 7.99. The van der Waals surface area contributed by atoms with Crippen molar-refractivity contribution in [3.63, 3.8) is 0 Å². The fraction of sp³-hybridized carbons (Fsp3) is 0.105. The van der Waals surface area contributed by atoms with Gasteiger partial charge in [0.15, 0.2) is 5.82 Å². The van der Waals surface area contributed by atoms with Crippen molar-refractivity contribution in [2.75, 3.05) is 5.32 Å². The number of amides is 1. The first-order chi connectivity index (χ1) is 12.1. The third-order valence-electron chi connectivity index (χ3n) is 4.27. The number of nitrogens with two attached hydrogens (primary N) is 1. The van der Waals surface area contributed by atoms with Crippen LogP contribution in [0.2, 0.25) is 0 Å². The van der Waals surface area contributed by atoms with Crippen molar-refractivity contribution in [2.45, 2.75) is 13.0 Å². The molecule has 1 aromatic heterocycles. The monoisotopic (exact) mass is 331 g/mol. The van der Waals surface area contributed by atoms with Gasteiger partial charge in [0.05, 0.1) is 5.57 Å². The number of primary amides is 1. The average Bonchev–Trinajstić information content (AvgIpc) is 3.05. The number of allylic oxidation sites excluding steroid dienone is 1. The van der Waals surface area contributed by atoms with Gasteiger partial charge in [0, 0.05) is 11.3 Å². The van der Waals surface area contributed by atoms with E-state index >= 15 is 0 Å². The number of aromatic nitrogens is 3. The Kier molecular flexibility index (Phi) is 3.57. The average molecular weight is 331 g/mol. The number of hydrogen-bond donors (Lipinski definition) is 2. The zero-order valence-corrected chi connectivity index (χ0v) is 13.7. The molecule has 0 fully saturated rings. The largest absolute Gasteiger partial charge is 0.366 e. The molecule has 0 saturated carbocycles. The minimum atomic E-state index is -0.471. The van der Waals surface area contributed by atoms with E-state index in [9.17, 15) is 4.79 Å². The van der Waals surface area contributed by atoms with E-state index in [1.54, 1.807) is 4.68 Å². The highest BCUT2D eigenvalue weighted by Crippen LogP contribution is 2.35. The molecule has 4 rings (SSSR count). The molecule has 124 valence electrons. The van der Waals surface area contributed by atoms with Crippen molar-refractivity contribution in [3.8, 4) is 11.4 Å². The van der Waals surface area contributed by atoms with E-state index in [1.165, 1.54) is 0 Å². The number of benzene rings is 2. The van der Waals surface area contributed by atoms with Gasteiger partial charge < -0.3 is 11.1 Å². The Bertz CT molecular complexity index is 960. The maximum Gasteiger partial charge on any atom is 0.248 e. The number of nitrogens with one attached hydrogen (secondary N) is 1. The second-order valence-electron chi connectivity index (χ2n) is 5.91. The SMILES string of the molecule is CC1=C(C(N)=O)[C@@H](c2ccccc2)n2nc(-c3ccccc3)nc2N1. The Labute approximate surface area is 145 Å². The van der Waals surface area contributed by atoms with Crippen molar-refractivity contribution in [3.05, 3.63) is 77.5 Å². The Morgan fingerprint density at radius 2 is 1.72 bits per heavy atom. The van der Waals surface area contributed by atoms with Crippen LogP contribution in [0.25, 0.3) is 11.4 Å². The molecule has 0 radical (unpaired) electrons. The molecule has 0 spiro atoms. The molecule has 25 heavy (non-hydrogen) atoms. The summed E-state index contributed by atoms with van der Waals surface area (Å²) in [5.74, 6) is 0.721. The molecule has 2 aromatic carbocycles. The Morgan fingerprint density at radius 3 is 2.36 bits per heavy atom. The van der Waals surface area contributed by atoms with Gasteiger partial charge in [-0.25, -0.2) is 4.68 Å². The van der Waals surface area contributed by atoms with Gasteiger partial charge in [-0.2, -0.15) is 4.98 Å². The van der Waals surface area contributed by atoms with Crippen LogP contribution in [0.4, 0.5) is 5.95 Å². The predicted molar refractivity (Wildman–Crippen MR) is 95.6 cm³/mol. The smallest absolute Gasteiger partial charge is 0.248 e. The lowest BCUT2D eigenvalue weighted by molar-refractivity contribution is -0.115. The molecule has 3 aromatic rings. The van der Waals surface area contributed by atoms with E-state index in [0.717, 1.165) is 11.1 Å². The number of hydrogen-bond acceptors (Lipinski definition) is 4. The molecule has 0 saturated heterocycles. The first kappa shape index (κ1) is 15.1. The normalized spacial score (nSPS) is 16.3. The lowest BCUT2D eigenvalue weighted by Gasteiger charge is -2.27. The third-order valence-corrected chi connectivity index (χ3v) is 4.27. The van der Waals surface area contributed by atoms with Gasteiger partial charge >= 0.3 is 0 Å². The van der Waals surface area contributed by atoms with Crippen LogP contribution in [0.1, 0.15) is 18.5 Å². The van der Waals surface area contributed by atoms with Crippen molar-refractivity contribution in [2.24, 2.45) is 5.73 Å². The molecule has 0 unspecified atom stereocenters. The highest BCUT2D eigenvalue weighted by Gasteiger charge is 2.33. The van der Waals surface area contributed by atoms with Crippen LogP contribution >= 0.6 is 0 Å². The quantitative estimate of drug-likeness (QED) is 0.773. The third kappa shape index (κ3) is 2.57. The molecule has 1 aliphatic rings. The standard InChI is InChI=1S/C19H17N5O/c1-12-15(17(20)25)16(13-8-4-2-5-9-13)24-19(21-12)22-18(23-24)14-10-6-3-7-11-14/h2-11,16H,1H3,(H2,20,25)(H,21,22,23)/t16-/m1/s1. The second-order valence-corrected chi connectivity index (χ2v) is 5.91. The van der Waals surface area contributed by atoms with Gasteiger partial charge in [-0.15, -0.1) is 5.10 Å². The number of nitrogens with zero attached hydrogens (tertiary/aromatic N) is 3. The number of fused-ring (bicyclic) bond motifs is 1. The maximum atomic E-state index is 12.1. The van der Waals surface area contributed by atoms with Crippen LogP contribution in [-0.4, -0.2) is 20.7 Å². The van der Waals surface area contributed by atoms with E-state index in [1.807, 2.05) is 67.6 Å². The van der Waals surface area contributed by atoms with Crippen LogP contribution in [-0.2, 0) is 4.79 Å². The maximum absolute atomic E-state index is 12.1. The van der Waals surface area contributed by atoms with E-state index in [2.05, 4.69) is 15.4 Å². The molecule has 1 amide bonds. The van der Waals surface area contributed by atoms with Crippen LogP contribution < -0.4 is 11.1 Å². The fourth-order valence-electron chi connectivity index (χ4n) is 3.12. The van der Waals surface area contributed by atoms with Crippen LogP contribution in [0.3, 0.4) is 0 Å². The topological polar surface area (TPSA) is 85.8 Å². The fourth-order valence-corrected chi connectivity index (χ4v) is 3.12. The van der Waals surface area contributed by atoms with Gasteiger partial charge in [0.1, 0.15) is 6.04 Å². The van der Waals surface area contributed by atoms with Crippen molar-refractivity contribution in [1.82, 2.24) is 14.8 Å². The number of carbonyl (C=O) groups excluding carboxylic acids is 1. The molecule has 6 heteroatoms. The Hall–Kier alpha value is -3.41. The zero-order chi connectivity index (χ0) is 17.4. The zero-order valence-electron chi connectivity index (χ0n) is 13.7. The Balaban J connectivity index is 1.89. The summed E-state index contributed by atoms with van der Waals surface area (Å²) >= 11 is 0. The molecule has 0 bridgehead atoms. The highest BCUT2D eigenvalue weighted by molar-refractivity contribution is 5.95. The number of rotatable bonds is 3. The summed E-state index contributed by atoms with van der Waals surface area (Å²) in [5.41, 5.74) is 8.69. The van der Waals surface area contributed by atoms with Gasteiger partial charge in [-0.3, -0.25) is 4.79 Å². The van der Waals surface area contributed by atoms with E-state index < -0.39 is 11.9 Å². The number of carbonyl (C=O) groups is 1.